The maximum absolute atomic E-state index is 11.8. The van der Waals surface area contributed by atoms with Crippen molar-refractivity contribution in [3.63, 3.8) is 0 Å². The largest absolute Gasteiger partial charge is 0.347 e. The van der Waals surface area contributed by atoms with Gasteiger partial charge in [0.05, 0.1) is 5.56 Å². The van der Waals surface area contributed by atoms with E-state index < -0.39 is 0 Å². The van der Waals surface area contributed by atoms with Gasteiger partial charge in [-0.15, -0.1) is 0 Å². The summed E-state index contributed by atoms with van der Waals surface area (Å²) in [6.07, 6.45) is 1.74. The molecule has 0 radical (unpaired) electrons. The molecule has 3 heteroatoms. The van der Waals surface area contributed by atoms with Gasteiger partial charge >= 0.3 is 0 Å². The molecular weight excluding hydrogens is 178 g/mol. The molecule has 0 saturated heterocycles. The van der Waals surface area contributed by atoms with Crippen molar-refractivity contribution in [1.82, 2.24) is 4.57 Å². The van der Waals surface area contributed by atoms with Gasteiger partial charge in [0.1, 0.15) is 5.69 Å². The van der Waals surface area contributed by atoms with Crippen LogP contribution in [0, 0.1) is 0 Å². The van der Waals surface area contributed by atoms with Crippen molar-refractivity contribution < 1.29 is 9.59 Å². The first-order chi connectivity index (χ1) is 6.54. The number of carbonyl (C=O) groups is 2. The fourth-order valence-electron chi connectivity index (χ4n) is 1.72. The van der Waals surface area contributed by atoms with Crippen LogP contribution in [-0.4, -0.2) is 16.1 Å². The Labute approximate surface area is 82.0 Å². The van der Waals surface area contributed by atoms with Crippen molar-refractivity contribution in [1.29, 1.82) is 0 Å². The molecule has 3 nitrogen and oxygen atoms in total. The zero-order chi connectivity index (χ0) is 10.5. The molecular formula is C11H11NO2. The highest BCUT2D eigenvalue weighted by molar-refractivity contribution is 6.25. The van der Waals surface area contributed by atoms with Crippen LogP contribution < -0.4 is 0 Å². The minimum atomic E-state index is -0.0374. The SMILES string of the molecule is CC1=C(C)C(=O)c2c(ccn2C)C1=O. The quantitative estimate of drug-likeness (QED) is 0.623. The topological polar surface area (TPSA) is 39.1 Å². The monoisotopic (exact) mass is 189 g/mol. The molecule has 1 heterocycles. The first kappa shape index (κ1) is 8.94. The summed E-state index contributed by atoms with van der Waals surface area (Å²) in [6.45, 7) is 3.40. The van der Waals surface area contributed by atoms with Gasteiger partial charge in [-0.25, -0.2) is 0 Å². The molecule has 0 atom stereocenters. The van der Waals surface area contributed by atoms with Crippen LogP contribution in [-0.2, 0) is 7.05 Å². The van der Waals surface area contributed by atoms with Gasteiger partial charge in [0.2, 0.25) is 5.78 Å². The van der Waals surface area contributed by atoms with Gasteiger partial charge in [0.15, 0.2) is 5.78 Å². The Morgan fingerprint density at radius 2 is 1.64 bits per heavy atom. The summed E-state index contributed by atoms with van der Waals surface area (Å²) >= 11 is 0. The van der Waals surface area contributed by atoms with Crippen LogP contribution in [0.2, 0.25) is 0 Å². The minimum Gasteiger partial charge on any atom is -0.347 e. The number of hydrogen-bond acceptors (Lipinski definition) is 2. The molecule has 0 N–H and O–H groups in total. The molecule has 1 aromatic rings. The Morgan fingerprint density at radius 1 is 1.07 bits per heavy atom. The number of hydrogen-bond donors (Lipinski definition) is 0. The smallest absolute Gasteiger partial charge is 0.206 e. The Bertz CT molecular complexity index is 477. The number of ketones is 2. The van der Waals surface area contributed by atoms with Crippen molar-refractivity contribution in [2.75, 3.05) is 0 Å². The second kappa shape index (κ2) is 2.67. The van der Waals surface area contributed by atoms with Crippen LogP contribution in [0.1, 0.15) is 34.7 Å². The number of allylic oxidation sites excluding steroid dienone is 2. The molecule has 0 saturated carbocycles. The number of aryl methyl sites for hydroxylation is 1. The highest BCUT2D eigenvalue weighted by Gasteiger charge is 2.29. The zero-order valence-corrected chi connectivity index (χ0v) is 8.42. The van der Waals surface area contributed by atoms with E-state index in [0.29, 0.717) is 22.4 Å². The van der Waals surface area contributed by atoms with Gasteiger partial charge in [-0.2, -0.15) is 0 Å². The molecule has 0 fully saturated rings. The number of rotatable bonds is 0. The fraction of sp³-hybridized carbons (Fsp3) is 0.273. The highest BCUT2D eigenvalue weighted by Crippen LogP contribution is 2.25. The van der Waals surface area contributed by atoms with E-state index in [1.165, 1.54) is 0 Å². The van der Waals surface area contributed by atoms with E-state index in [4.69, 9.17) is 0 Å². The van der Waals surface area contributed by atoms with Crippen molar-refractivity contribution in [3.05, 3.63) is 34.7 Å². The average molecular weight is 189 g/mol. The van der Waals surface area contributed by atoms with Crippen molar-refractivity contribution in [2.45, 2.75) is 13.8 Å². The molecule has 1 aliphatic carbocycles. The Hall–Kier alpha value is -1.64. The zero-order valence-electron chi connectivity index (χ0n) is 8.42. The molecule has 0 unspecified atom stereocenters. The van der Waals surface area contributed by atoms with Gasteiger partial charge in [-0.05, 0) is 19.9 Å². The Balaban J connectivity index is 2.75. The number of Topliss-reactive ketones (excluding diaryl/α,β-unsaturated/α-hetero) is 2. The molecule has 1 aromatic heterocycles. The maximum Gasteiger partial charge on any atom is 0.206 e. The number of aromatic nitrogens is 1. The van der Waals surface area contributed by atoms with E-state index in [2.05, 4.69) is 0 Å². The normalized spacial score (nSPS) is 16.2. The van der Waals surface area contributed by atoms with E-state index in [0.717, 1.165) is 0 Å². The maximum atomic E-state index is 11.8. The molecule has 0 spiro atoms. The summed E-state index contributed by atoms with van der Waals surface area (Å²) in [5.74, 6) is -0.0673. The van der Waals surface area contributed by atoms with Crippen LogP contribution in [0.25, 0.3) is 0 Å². The molecule has 14 heavy (non-hydrogen) atoms. The molecule has 1 aliphatic rings. The second-order valence-electron chi connectivity index (χ2n) is 3.60. The van der Waals surface area contributed by atoms with Crippen molar-refractivity contribution in [3.8, 4) is 0 Å². The third kappa shape index (κ3) is 0.923. The average Bonchev–Trinajstić information content (AvgIpc) is 2.54. The third-order valence-electron chi connectivity index (χ3n) is 2.78. The van der Waals surface area contributed by atoms with Gasteiger partial charge in [0, 0.05) is 24.4 Å². The molecule has 0 amide bonds. The lowest BCUT2D eigenvalue weighted by atomic mass is 9.90. The van der Waals surface area contributed by atoms with Crippen LogP contribution in [0.15, 0.2) is 23.4 Å². The van der Waals surface area contributed by atoms with E-state index >= 15 is 0 Å². The lowest BCUT2D eigenvalue weighted by Gasteiger charge is -2.14. The fourth-order valence-corrected chi connectivity index (χ4v) is 1.72. The standard InChI is InChI=1S/C11H11NO2/c1-6-7(2)11(14)9-8(10(6)13)4-5-12(9)3/h4-5H,1-3H3. The van der Waals surface area contributed by atoms with Gasteiger partial charge in [-0.1, -0.05) is 0 Å². The second-order valence-corrected chi connectivity index (χ2v) is 3.60. The summed E-state index contributed by atoms with van der Waals surface area (Å²) < 4.78 is 1.70. The summed E-state index contributed by atoms with van der Waals surface area (Å²) in [7, 11) is 1.78. The van der Waals surface area contributed by atoms with Crippen LogP contribution >= 0.6 is 0 Å². The van der Waals surface area contributed by atoms with E-state index in [-0.39, 0.29) is 11.6 Å². The Kier molecular flexibility index (Phi) is 1.71. The molecule has 72 valence electrons. The molecule has 2 rings (SSSR count). The van der Waals surface area contributed by atoms with Gasteiger partial charge in [-0.3, -0.25) is 9.59 Å². The first-order valence-electron chi connectivity index (χ1n) is 4.46. The lowest BCUT2D eigenvalue weighted by molar-refractivity contribution is 0.0970. The van der Waals surface area contributed by atoms with Gasteiger partial charge in [0.25, 0.3) is 0 Å². The van der Waals surface area contributed by atoms with Gasteiger partial charge < -0.3 is 4.57 Å². The molecule has 0 aliphatic heterocycles. The number of nitrogens with zero attached hydrogens (tertiary/aromatic N) is 1. The molecule has 0 bridgehead atoms. The van der Waals surface area contributed by atoms with Crippen LogP contribution in [0.5, 0.6) is 0 Å². The third-order valence-corrected chi connectivity index (χ3v) is 2.78. The van der Waals surface area contributed by atoms with E-state index in [9.17, 15) is 9.59 Å². The first-order valence-corrected chi connectivity index (χ1v) is 4.46. The molecule has 0 aromatic carbocycles. The van der Waals surface area contributed by atoms with Crippen molar-refractivity contribution >= 4 is 11.6 Å². The van der Waals surface area contributed by atoms with Crippen LogP contribution in [0.3, 0.4) is 0 Å². The van der Waals surface area contributed by atoms with Crippen LogP contribution in [0.4, 0.5) is 0 Å². The lowest BCUT2D eigenvalue weighted by Crippen LogP contribution is -2.20. The summed E-state index contributed by atoms with van der Waals surface area (Å²) in [6, 6.07) is 1.70. The summed E-state index contributed by atoms with van der Waals surface area (Å²) in [5.41, 5.74) is 2.16. The summed E-state index contributed by atoms with van der Waals surface area (Å²) in [4.78, 5) is 23.6. The highest BCUT2D eigenvalue weighted by atomic mass is 16.1. The van der Waals surface area contributed by atoms with E-state index in [1.54, 1.807) is 37.7 Å². The predicted molar refractivity (Wildman–Crippen MR) is 52.4 cm³/mol. The van der Waals surface area contributed by atoms with Crippen molar-refractivity contribution in [2.24, 2.45) is 7.05 Å². The predicted octanol–water partition coefficient (Wildman–Crippen LogP) is 1.74. The Morgan fingerprint density at radius 3 is 2.29 bits per heavy atom. The van der Waals surface area contributed by atoms with E-state index in [1.807, 2.05) is 0 Å². The number of carbonyl (C=O) groups excluding carboxylic acids is 2. The number of fused-ring (bicyclic) bond motifs is 1. The minimum absolute atomic E-state index is 0.0299. The summed E-state index contributed by atoms with van der Waals surface area (Å²) in [5, 5.41) is 0.